The summed E-state index contributed by atoms with van der Waals surface area (Å²) in [6.45, 7) is 3.88. The van der Waals surface area contributed by atoms with Gasteiger partial charge < -0.3 is 10.1 Å². The first kappa shape index (κ1) is 21.4. The number of para-hydroxylation sites is 1. The van der Waals surface area contributed by atoms with Crippen LogP contribution in [0.4, 0.5) is 0 Å². The number of nitrogens with one attached hydrogen (secondary N) is 2. The average Bonchev–Trinajstić information content (AvgIpc) is 3.19. The summed E-state index contributed by atoms with van der Waals surface area (Å²) < 4.78 is 1.16. The van der Waals surface area contributed by atoms with Crippen LogP contribution < -0.4 is 11.2 Å². The third-order valence-corrected chi connectivity index (χ3v) is 5.70. The highest BCUT2D eigenvalue weighted by molar-refractivity contribution is 6.00. The molecule has 3 N–H and O–H groups in total. The Morgan fingerprint density at radius 2 is 1.81 bits per heavy atom. The molecule has 0 aliphatic heterocycles. The van der Waals surface area contributed by atoms with E-state index < -0.39 is 11.2 Å². The van der Waals surface area contributed by atoms with Crippen LogP contribution in [0.5, 0.6) is 5.88 Å². The lowest BCUT2D eigenvalue weighted by Gasteiger charge is -2.14. The molecule has 2 aromatic carbocycles. The van der Waals surface area contributed by atoms with E-state index in [0.717, 1.165) is 33.0 Å². The van der Waals surface area contributed by atoms with Gasteiger partial charge in [0, 0.05) is 17.1 Å². The van der Waals surface area contributed by atoms with Gasteiger partial charge in [-0.1, -0.05) is 55.5 Å². The third kappa shape index (κ3) is 4.27. The Morgan fingerprint density at radius 1 is 1.09 bits per heavy atom. The van der Waals surface area contributed by atoms with Gasteiger partial charge >= 0.3 is 5.69 Å². The maximum absolute atomic E-state index is 12.6. The van der Waals surface area contributed by atoms with Gasteiger partial charge in [0.15, 0.2) is 0 Å². The number of hydrogen-bond donors (Lipinski definition) is 3. The van der Waals surface area contributed by atoms with Crippen molar-refractivity contribution in [3.8, 4) is 5.88 Å². The smallest absolute Gasteiger partial charge is 0.331 e. The highest BCUT2D eigenvalue weighted by Crippen LogP contribution is 2.21. The molecule has 0 aliphatic carbocycles. The number of nitrogens with zero attached hydrogens (tertiary/aromatic N) is 2. The number of aromatic amines is 2. The van der Waals surface area contributed by atoms with Crippen LogP contribution in [-0.4, -0.2) is 31.4 Å². The number of hydrogen-bond acceptors (Lipinski definition) is 4. The maximum Gasteiger partial charge on any atom is 0.331 e. The molecule has 4 aromatic rings. The summed E-state index contributed by atoms with van der Waals surface area (Å²) >= 11 is 0. The molecule has 2 aromatic heterocycles. The molecule has 7 heteroatoms. The van der Waals surface area contributed by atoms with Crippen molar-refractivity contribution >= 4 is 16.6 Å². The zero-order chi connectivity index (χ0) is 22.7. The minimum absolute atomic E-state index is 0.0258. The average molecular weight is 431 g/mol. The van der Waals surface area contributed by atoms with E-state index in [-0.39, 0.29) is 24.0 Å². The molecule has 0 bridgehead atoms. The van der Waals surface area contributed by atoms with Crippen molar-refractivity contribution in [1.29, 1.82) is 0 Å². The molecule has 1 unspecified atom stereocenters. The zero-order valence-corrected chi connectivity index (χ0v) is 18.1. The minimum Gasteiger partial charge on any atom is -0.494 e. The van der Waals surface area contributed by atoms with Crippen molar-refractivity contribution in [3.63, 3.8) is 0 Å². The van der Waals surface area contributed by atoms with Crippen LogP contribution in [0.1, 0.15) is 37.0 Å². The van der Waals surface area contributed by atoms with Crippen LogP contribution in [0.25, 0.3) is 10.9 Å². The molecule has 0 aliphatic rings. The topological polar surface area (TPSA) is 103 Å². The highest BCUT2D eigenvalue weighted by Gasteiger charge is 2.18. The van der Waals surface area contributed by atoms with E-state index in [1.807, 2.05) is 61.7 Å². The molecule has 0 radical (unpaired) electrons. The molecule has 32 heavy (non-hydrogen) atoms. The van der Waals surface area contributed by atoms with Crippen LogP contribution >= 0.6 is 0 Å². The quantitative estimate of drug-likeness (QED) is 0.390. The number of rotatable bonds is 7. The van der Waals surface area contributed by atoms with Crippen molar-refractivity contribution < 1.29 is 5.11 Å². The Hall–Kier alpha value is -3.87. The van der Waals surface area contributed by atoms with Crippen LogP contribution in [0.2, 0.25) is 0 Å². The van der Waals surface area contributed by atoms with Crippen molar-refractivity contribution in [1.82, 2.24) is 14.5 Å². The van der Waals surface area contributed by atoms with Gasteiger partial charge in [0.2, 0.25) is 5.88 Å². The molecule has 0 saturated heterocycles. The normalized spacial score (nSPS) is 12.9. The van der Waals surface area contributed by atoms with E-state index in [4.69, 9.17) is 4.99 Å². The largest absolute Gasteiger partial charge is 0.494 e. The van der Waals surface area contributed by atoms with Crippen molar-refractivity contribution in [3.05, 3.63) is 98.3 Å². The SMILES string of the molecule is CCC(Cc1c[nH]c2ccccc12)N=C(C)c1c(O)n(Cc2ccccc2)c(=O)[nH]c1=O. The number of benzene rings is 2. The second kappa shape index (κ2) is 9.09. The fourth-order valence-corrected chi connectivity index (χ4v) is 3.97. The first-order valence-electron chi connectivity index (χ1n) is 10.7. The first-order valence-corrected chi connectivity index (χ1v) is 10.7. The number of H-pyrrole nitrogens is 2. The zero-order valence-electron chi connectivity index (χ0n) is 18.1. The minimum atomic E-state index is -0.654. The number of aromatic hydroxyl groups is 1. The standard InChI is InChI=1S/C25H26N4O3/c1-3-19(13-18-14-26-21-12-8-7-11-20(18)21)27-16(2)22-23(30)28-25(32)29(24(22)31)15-17-9-5-4-6-10-17/h4-12,14,19,26,31H,3,13,15H2,1-2H3,(H,28,30,32). The molecule has 2 heterocycles. The first-order chi connectivity index (χ1) is 15.5. The van der Waals surface area contributed by atoms with Crippen molar-refractivity contribution in [2.24, 2.45) is 4.99 Å². The van der Waals surface area contributed by atoms with Crippen LogP contribution in [0, 0.1) is 0 Å². The number of aliphatic imine (C=N–C) groups is 1. The van der Waals surface area contributed by atoms with Gasteiger partial charge in [-0.25, -0.2) is 4.79 Å². The molecule has 7 nitrogen and oxygen atoms in total. The number of fused-ring (bicyclic) bond motifs is 1. The number of aromatic nitrogens is 3. The fourth-order valence-electron chi connectivity index (χ4n) is 3.97. The molecule has 0 fully saturated rings. The third-order valence-electron chi connectivity index (χ3n) is 5.70. The lowest BCUT2D eigenvalue weighted by molar-refractivity contribution is 0.408. The molecular formula is C25H26N4O3. The lowest BCUT2D eigenvalue weighted by atomic mass is 10.0. The predicted molar refractivity (Wildman–Crippen MR) is 127 cm³/mol. The summed E-state index contributed by atoms with van der Waals surface area (Å²) in [4.78, 5) is 35.3. The molecule has 164 valence electrons. The van der Waals surface area contributed by atoms with Crippen LogP contribution in [0.15, 0.2) is 75.4 Å². The highest BCUT2D eigenvalue weighted by atomic mass is 16.3. The maximum atomic E-state index is 12.6. The summed E-state index contributed by atoms with van der Waals surface area (Å²) in [5.74, 6) is -0.370. The van der Waals surface area contributed by atoms with E-state index in [1.54, 1.807) is 6.92 Å². The van der Waals surface area contributed by atoms with Gasteiger partial charge in [0.1, 0.15) is 5.56 Å². The lowest BCUT2D eigenvalue weighted by Crippen LogP contribution is -2.34. The van der Waals surface area contributed by atoms with Gasteiger partial charge in [-0.15, -0.1) is 0 Å². The molecular weight excluding hydrogens is 404 g/mol. The van der Waals surface area contributed by atoms with Crippen molar-refractivity contribution in [2.45, 2.75) is 39.3 Å². The van der Waals surface area contributed by atoms with E-state index in [9.17, 15) is 14.7 Å². The molecule has 0 amide bonds. The van der Waals surface area contributed by atoms with Crippen LogP contribution in [0.3, 0.4) is 0 Å². The Balaban J connectivity index is 1.67. The summed E-state index contributed by atoms with van der Waals surface area (Å²) in [5, 5.41) is 12.0. The summed E-state index contributed by atoms with van der Waals surface area (Å²) in [5.41, 5.74) is 2.19. The predicted octanol–water partition coefficient (Wildman–Crippen LogP) is 3.60. The van der Waals surface area contributed by atoms with Gasteiger partial charge in [-0.3, -0.25) is 19.3 Å². The molecule has 4 rings (SSSR count). The summed E-state index contributed by atoms with van der Waals surface area (Å²) in [6.07, 6.45) is 3.45. The Labute approximate surface area is 185 Å². The van der Waals surface area contributed by atoms with Gasteiger partial charge in [0.25, 0.3) is 5.56 Å². The Kier molecular flexibility index (Phi) is 6.07. The second-order valence-electron chi connectivity index (χ2n) is 7.87. The van der Waals surface area contributed by atoms with E-state index >= 15 is 0 Å². The molecule has 0 spiro atoms. The van der Waals surface area contributed by atoms with Gasteiger partial charge in [-0.2, -0.15) is 0 Å². The van der Waals surface area contributed by atoms with E-state index in [2.05, 4.69) is 16.0 Å². The van der Waals surface area contributed by atoms with Crippen molar-refractivity contribution in [2.75, 3.05) is 0 Å². The summed E-state index contributed by atoms with van der Waals surface area (Å²) in [7, 11) is 0. The Morgan fingerprint density at radius 3 is 2.56 bits per heavy atom. The summed E-state index contributed by atoms with van der Waals surface area (Å²) in [6, 6.07) is 17.3. The van der Waals surface area contributed by atoms with E-state index in [0.29, 0.717) is 12.1 Å². The van der Waals surface area contributed by atoms with Gasteiger partial charge in [-0.05, 0) is 37.0 Å². The molecule has 1 atom stereocenters. The fraction of sp³-hybridized carbons (Fsp3) is 0.240. The monoisotopic (exact) mass is 430 g/mol. The molecule has 0 saturated carbocycles. The van der Waals surface area contributed by atoms with Gasteiger partial charge in [0.05, 0.1) is 18.3 Å². The second-order valence-corrected chi connectivity index (χ2v) is 7.87. The van der Waals surface area contributed by atoms with E-state index in [1.165, 1.54) is 0 Å². The van der Waals surface area contributed by atoms with Crippen LogP contribution in [-0.2, 0) is 13.0 Å². The Bertz CT molecular complexity index is 1380.